The number of hydrogen-bond donors (Lipinski definition) is 6. The van der Waals surface area contributed by atoms with Gasteiger partial charge < -0.3 is 25.7 Å². The van der Waals surface area contributed by atoms with E-state index in [1.807, 2.05) is 48.5 Å². The van der Waals surface area contributed by atoms with Gasteiger partial charge in [-0.3, -0.25) is 29.4 Å². The van der Waals surface area contributed by atoms with Gasteiger partial charge >= 0.3 is 5.91 Å². The average molecular weight is 693 g/mol. The summed E-state index contributed by atoms with van der Waals surface area (Å²) in [6, 6.07) is 20.1. The fraction of sp³-hybridized carbons (Fsp3) is 0.176. The van der Waals surface area contributed by atoms with Crippen molar-refractivity contribution in [3.8, 4) is 33.8 Å². The van der Waals surface area contributed by atoms with Gasteiger partial charge in [0.1, 0.15) is 11.4 Å². The minimum atomic E-state index is -0.482. The number of oxazole rings is 1. The zero-order chi connectivity index (χ0) is 34.7. The van der Waals surface area contributed by atoms with E-state index in [-0.39, 0.29) is 29.3 Å². The van der Waals surface area contributed by atoms with Crippen molar-refractivity contribution in [3.63, 3.8) is 0 Å². The highest BCUT2D eigenvalue weighted by molar-refractivity contribution is 7.11. The largest absolute Gasteiger partial charge is 0.432 e. The Morgan fingerprint density at radius 2 is 1.22 bits per heavy atom. The Morgan fingerprint density at radius 1 is 0.640 bits per heavy atom. The number of carbonyl (C=O) groups excluding carboxylic acids is 4. The molecule has 4 heterocycles. The molecular weight excluding hydrogens is 661 g/mol. The van der Waals surface area contributed by atoms with Gasteiger partial charge in [0.25, 0.3) is 23.6 Å². The maximum Gasteiger partial charge on any atom is 0.307 e. The highest BCUT2D eigenvalue weighted by Crippen LogP contribution is 2.26. The van der Waals surface area contributed by atoms with E-state index in [1.54, 1.807) is 29.8 Å². The quantitative estimate of drug-likeness (QED) is 0.0865. The molecule has 0 saturated heterocycles. The molecule has 0 bridgehead atoms. The van der Waals surface area contributed by atoms with Crippen LogP contribution in [0.1, 0.15) is 54.3 Å². The predicted molar refractivity (Wildman–Crippen MR) is 184 cm³/mol. The van der Waals surface area contributed by atoms with Crippen LogP contribution < -0.4 is 21.3 Å². The van der Waals surface area contributed by atoms with Crippen molar-refractivity contribution in [2.75, 3.05) is 26.2 Å². The monoisotopic (exact) mass is 692 g/mol. The first-order chi connectivity index (χ1) is 24.4. The fourth-order valence-corrected chi connectivity index (χ4v) is 5.34. The molecule has 0 aliphatic rings. The van der Waals surface area contributed by atoms with Crippen molar-refractivity contribution in [1.82, 2.24) is 51.6 Å². The second kappa shape index (κ2) is 16.1. The molecule has 0 unspecified atom stereocenters. The summed E-state index contributed by atoms with van der Waals surface area (Å²) < 4.78 is 5.73. The molecule has 6 N–H and O–H groups in total. The van der Waals surface area contributed by atoms with Gasteiger partial charge in [0.05, 0.1) is 17.6 Å². The first-order valence-electron chi connectivity index (χ1n) is 15.7. The molecule has 0 radical (unpaired) electrons. The van der Waals surface area contributed by atoms with Gasteiger partial charge in [-0.1, -0.05) is 48.5 Å². The predicted octanol–water partition coefficient (Wildman–Crippen LogP) is 3.68. The van der Waals surface area contributed by atoms with E-state index in [4.69, 9.17) is 4.42 Å². The Kier molecular flexibility index (Phi) is 10.8. The summed E-state index contributed by atoms with van der Waals surface area (Å²) in [5.74, 6) is -1.05. The molecule has 254 valence electrons. The maximum absolute atomic E-state index is 12.6. The summed E-state index contributed by atoms with van der Waals surface area (Å²) in [4.78, 5) is 57.8. The number of nitrogens with zero attached hydrogens (tertiary/aromatic N) is 4. The standard InChI is InChI=1S/C34H32N10O5S/c45-29(26-18-24(41-43-26)21-7-2-1-3-8-21)35-11-5-13-37-31(47)33-40-20-28(49-33)23-10-4-9-22(17-23)25-19-27(44-42-25)30(46)36-12-6-14-38-32(48)34-39-15-16-50-34/h1-4,7-10,15-20H,5-6,11-14H2,(H,35,45)(H,36,46)(H,37,47)(H,38,48)(H,41,43)(H,42,44). The van der Waals surface area contributed by atoms with Crippen molar-refractivity contribution >= 4 is 35.0 Å². The average Bonchev–Trinajstić information content (AvgIpc) is 3.98. The van der Waals surface area contributed by atoms with Crippen molar-refractivity contribution in [2.24, 2.45) is 0 Å². The molecule has 6 aromatic rings. The number of benzene rings is 2. The van der Waals surface area contributed by atoms with Crippen LogP contribution in [0.15, 0.2) is 88.9 Å². The molecule has 15 nitrogen and oxygen atoms in total. The molecule has 4 amide bonds. The first-order valence-corrected chi connectivity index (χ1v) is 16.6. The Balaban J connectivity index is 0.930. The summed E-state index contributed by atoms with van der Waals surface area (Å²) in [6.45, 7) is 1.39. The van der Waals surface area contributed by atoms with Crippen molar-refractivity contribution in [3.05, 3.63) is 107 Å². The summed E-state index contributed by atoms with van der Waals surface area (Å²) >= 11 is 1.26. The number of carbonyl (C=O) groups is 4. The SMILES string of the molecule is O=C(NCCCNC(=O)c1ncc(-c2cccc(-c3cc(C(=O)NCCCNC(=O)c4nccs4)[nH]n3)c2)o1)c1cc(-c2ccccc2)n[nH]1. The number of hydrogen-bond acceptors (Lipinski definition) is 10. The number of aromatic nitrogens is 6. The lowest BCUT2D eigenvalue weighted by molar-refractivity contribution is 0.0915. The van der Waals surface area contributed by atoms with E-state index < -0.39 is 5.91 Å². The summed E-state index contributed by atoms with van der Waals surface area (Å²) in [6.07, 6.45) is 4.07. The Bertz CT molecular complexity index is 2070. The van der Waals surface area contributed by atoms with Crippen molar-refractivity contribution in [2.45, 2.75) is 12.8 Å². The summed E-state index contributed by atoms with van der Waals surface area (Å²) in [5.41, 5.74) is 4.15. The van der Waals surface area contributed by atoms with Crippen LogP contribution in [0.4, 0.5) is 0 Å². The van der Waals surface area contributed by atoms with Crippen LogP contribution in [0, 0.1) is 0 Å². The minimum absolute atomic E-state index is 0.0955. The number of thiazole rings is 1. The third-order valence-corrected chi connectivity index (χ3v) is 8.11. The summed E-state index contributed by atoms with van der Waals surface area (Å²) in [5, 5.41) is 27.2. The van der Waals surface area contributed by atoms with Gasteiger partial charge in [-0.15, -0.1) is 11.3 Å². The molecule has 0 aliphatic carbocycles. The number of amides is 4. The van der Waals surface area contributed by atoms with Gasteiger partial charge in [0.15, 0.2) is 10.8 Å². The Labute approximate surface area is 289 Å². The second-order valence-electron chi connectivity index (χ2n) is 10.9. The van der Waals surface area contributed by atoms with Crippen LogP contribution in [0.25, 0.3) is 33.8 Å². The Morgan fingerprint density at radius 3 is 1.86 bits per heavy atom. The van der Waals surface area contributed by atoms with E-state index in [2.05, 4.69) is 51.6 Å². The molecule has 0 fully saturated rings. The molecule has 6 rings (SSSR count). The van der Waals surface area contributed by atoms with Crippen LogP contribution in [-0.2, 0) is 0 Å². The topological polar surface area (TPSA) is 213 Å². The van der Waals surface area contributed by atoms with E-state index in [9.17, 15) is 19.2 Å². The first kappa shape index (κ1) is 33.5. The molecular formula is C34H32N10O5S. The van der Waals surface area contributed by atoms with E-state index in [1.165, 1.54) is 17.5 Å². The normalized spacial score (nSPS) is 10.8. The third kappa shape index (κ3) is 8.53. The Hall–Kier alpha value is -6.42. The lowest BCUT2D eigenvalue weighted by Gasteiger charge is -2.05. The van der Waals surface area contributed by atoms with E-state index >= 15 is 0 Å². The van der Waals surface area contributed by atoms with Gasteiger partial charge in [-0.05, 0) is 31.0 Å². The minimum Gasteiger partial charge on any atom is -0.432 e. The van der Waals surface area contributed by atoms with Crippen molar-refractivity contribution in [1.29, 1.82) is 0 Å². The molecule has 50 heavy (non-hydrogen) atoms. The molecule has 0 saturated carbocycles. The lowest BCUT2D eigenvalue weighted by Crippen LogP contribution is -2.30. The van der Waals surface area contributed by atoms with Gasteiger partial charge in [0, 0.05) is 54.4 Å². The number of aromatic amines is 2. The highest BCUT2D eigenvalue weighted by atomic mass is 32.1. The molecule has 2 aromatic carbocycles. The second-order valence-corrected chi connectivity index (χ2v) is 11.8. The number of H-pyrrole nitrogens is 2. The smallest absolute Gasteiger partial charge is 0.307 e. The highest BCUT2D eigenvalue weighted by Gasteiger charge is 2.16. The van der Waals surface area contributed by atoms with Crippen LogP contribution in [0.5, 0.6) is 0 Å². The third-order valence-electron chi connectivity index (χ3n) is 7.33. The molecule has 0 atom stereocenters. The number of rotatable bonds is 15. The number of nitrogens with one attached hydrogen (secondary N) is 6. The van der Waals surface area contributed by atoms with Gasteiger partial charge in [-0.2, -0.15) is 10.2 Å². The van der Waals surface area contributed by atoms with Gasteiger partial charge in [-0.25, -0.2) is 9.97 Å². The van der Waals surface area contributed by atoms with Crippen LogP contribution in [0.2, 0.25) is 0 Å². The van der Waals surface area contributed by atoms with Crippen LogP contribution >= 0.6 is 11.3 Å². The van der Waals surface area contributed by atoms with E-state index in [0.717, 1.165) is 11.1 Å². The molecule has 16 heteroatoms. The van der Waals surface area contributed by atoms with Gasteiger partial charge in [0.2, 0.25) is 0 Å². The molecule has 0 aliphatic heterocycles. The summed E-state index contributed by atoms with van der Waals surface area (Å²) in [7, 11) is 0. The molecule has 0 spiro atoms. The maximum atomic E-state index is 12.6. The zero-order valence-electron chi connectivity index (χ0n) is 26.6. The van der Waals surface area contributed by atoms with Crippen LogP contribution in [-0.4, -0.2) is 80.2 Å². The van der Waals surface area contributed by atoms with E-state index in [0.29, 0.717) is 72.4 Å². The zero-order valence-corrected chi connectivity index (χ0v) is 27.4. The van der Waals surface area contributed by atoms with Crippen molar-refractivity contribution < 1.29 is 23.6 Å². The molecule has 4 aromatic heterocycles. The fourth-order valence-electron chi connectivity index (χ4n) is 4.79. The van der Waals surface area contributed by atoms with Crippen LogP contribution in [0.3, 0.4) is 0 Å². The lowest BCUT2D eigenvalue weighted by atomic mass is 10.1.